The van der Waals surface area contributed by atoms with Gasteiger partial charge in [-0.05, 0) is 19.3 Å². The zero-order valence-electron chi connectivity index (χ0n) is 37.3. The monoisotopic (exact) mass is 801 g/mol. The second-order valence-electron chi connectivity index (χ2n) is 15.8. The molecule has 0 aromatic carbocycles. The molecule has 54 heavy (non-hydrogen) atoms. The van der Waals surface area contributed by atoms with Crippen molar-refractivity contribution < 1.29 is 56.9 Å². The first-order valence-electron chi connectivity index (χ1n) is 23.7. The van der Waals surface area contributed by atoms with E-state index >= 15 is 0 Å². The van der Waals surface area contributed by atoms with E-state index in [0.717, 1.165) is 25.7 Å². The fourth-order valence-corrected chi connectivity index (χ4v) is 7.04. The number of hydrogen-bond acceptors (Lipinski definition) is 6. The van der Waals surface area contributed by atoms with E-state index in [9.17, 15) is 13.0 Å². The smallest absolute Gasteiger partial charge is 0.726 e. The summed E-state index contributed by atoms with van der Waals surface area (Å²) in [7, 11) is -4.48. The second kappa shape index (κ2) is 58.1. The molecule has 0 atom stereocenters. The van der Waals surface area contributed by atoms with Crippen LogP contribution in [0.2, 0.25) is 0 Å². The zero-order valence-corrected chi connectivity index (χ0v) is 40.2. The summed E-state index contributed by atoms with van der Waals surface area (Å²) in [5, 5.41) is 17.3. The molecule has 0 aromatic rings. The van der Waals surface area contributed by atoms with Gasteiger partial charge >= 0.3 is 29.6 Å². The molecule has 0 heterocycles. The Morgan fingerprint density at radius 2 is 0.500 bits per heavy atom. The van der Waals surface area contributed by atoms with Gasteiger partial charge in [0.1, 0.15) is 0 Å². The first-order chi connectivity index (χ1) is 25.9. The van der Waals surface area contributed by atoms with Gasteiger partial charge in [0.2, 0.25) is 10.4 Å². The average Bonchev–Trinajstić information content (AvgIpc) is 3.14. The molecule has 0 rings (SSSR count). The Bertz CT molecular complexity index is 679. The summed E-state index contributed by atoms with van der Waals surface area (Å²) in [5.41, 5.74) is 0. The van der Waals surface area contributed by atoms with Crippen LogP contribution >= 0.6 is 0 Å². The molecular weight excluding hydrogens is 704 g/mol. The molecule has 0 saturated heterocycles. The fourth-order valence-electron chi connectivity index (χ4n) is 6.72. The van der Waals surface area contributed by atoms with Gasteiger partial charge in [-0.1, -0.05) is 258 Å². The van der Waals surface area contributed by atoms with Crippen LogP contribution in [0, 0.1) is 0 Å². The van der Waals surface area contributed by atoms with Gasteiger partial charge in [0.05, 0.1) is 6.61 Å². The predicted molar refractivity (Wildman–Crippen MR) is 232 cm³/mol. The molecule has 0 unspecified atom stereocenters. The molecule has 0 aliphatic carbocycles. The van der Waals surface area contributed by atoms with Crippen LogP contribution in [0.15, 0.2) is 0 Å². The van der Waals surface area contributed by atoms with Crippen molar-refractivity contribution in [3.63, 3.8) is 0 Å². The Labute approximate surface area is 362 Å². The van der Waals surface area contributed by atoms with Crippen LogP contribution in [0.3, 0.4) is 0 Å². The van der Waals surface area contributed by atoms with Crippen molar-refractivity contribution >= 4 is 10.4 Å². The first-order valence-corrected chi connectivity index (χ1v) is 25.0. The summed E-state index contributed by atoms with van der Waals surface area (Å²) in [6.07, 6.45) is 53.1. The van der Waals surface area contributed by atoms with E-state index in [1.54, 1.807) is 0 Å². The quantitative estimate of drug-likeness (QED) is 0.0276. The van der Waals surface area contributed by atoms with Crippen molar-refractivity contribution in [2.24, 2.45) is 0 Å². The van der Waals surface area contributed by atoms with Crippen molar-refractivity contribution in [1.82, 2.24) is 0 Å². The van der Waals surface area contributed by atoms with E-state index < -0.39 is 10.4 Å². The Morgan fingerprint density at radius 3 is 0.667 bits per heavy atom. The molecule has 0 bridgehead atoms. The SMILES string of the molecule is CCCCCCCCCCCCCCCCCCO.CCCCCCCCCCCCCCCCO.CCCCCCCCCCCCOS(=O)(=O)[O-].[Na+]. The molecule has 0 saturated carbocycles. The zero-order chi connectivity index (χ0) is 39.6. The summed E-state index contributed by atoms with van der Waals surface area (Å²) in [5.74, 6) is 0. The van der Waals surface area contributed by atoms with E-state index in [-0.39, 0.29) is 36.2 Å². The maximum atomic E-state index is 10.1. The van der Waals surface area contributed by atoms with E-state index in [0.29, 0.717) is 19.6 Å². The third-order valence-electron chi connectivity index (χ3n) is 10.2. The summed E-state index contributed by atoms with van der Waals surface area (Å²) < 4.78 is 34.5. The molecule has 0 aromatic heterocycles. The molecule has 0 fully saturated rings. The molecule has 6 nitrogen and oxygen atoms in total. The fraction of sp³-hybridized carbons (Fsp3) is 1.00. The van der Waals surface area contributed by atoms with Crippen LogP contribution in [-0.2, 0) is 14.6 Å². The summed E-state index contributed by atoms with van der Waals surface area (Å²) in [6, 6.07) is 0. The molecule has 0 aliphatic rings. The molecule has 324 valence electrons. The molecule has 0 amide bonds. The third kappa shape index (κ3) is 70.6. The van der Waals surface area contributed by atoms with Gasteiger partial charge < -0.3 is 14.8 Å². The van der Waals surface area contributed by atoms with Gasteiger partial charge in [-0.15, -0.1) is 0 Å². The minimum absolute atomic E-state index is 0. The Kier molecular flexibility index (Phi) is 66.1. The van der Waals surface area contributed by atoms with Crippen LogP contribution in [-0.4, -0.2) is 43.0 Å². The number of hydrogen-bond donors (Lipinski definition) is 2. The van der Waals surface area contributed by atoms with Crippen LogP contribution in [0.5, 0.6) is 0 Å². The maximum Gasteiger partial charge on any atom is 1.00 e. The number of unbranched alkanes of at least 4 members (excludes halogenated alkanes) is 37. The first kappa shape index (κ1) is 61.5. The summed E-state index contributed by atoms with van der Waals surface area (Å²) in [6.45, 7) is 7.55. The van der Waals surface area contributed by atoms with Gasteiger partial charge in [0, 0.05) is 13.2 Å². The van der Waals surface area contributed by atoms with E-state index in [4.69, 9.17) is 10.2 Å². The van der Waals surface area contributed by atoms with Crippen molar-refractivity contribution in [3.05, 3.63) is 0 Å². The Balaban J connectivity index is -0.000000345. The predicted octanol–water partition coefficient (Wildman–Crippen LogP) is 12.1. The van der Waals surface area contributed by atoms with Crippen molar-refractivity contribution in [2.75, 3.05) is 19.8 Å². The van der Waals surface area contributed by atoms with Crippen LogP contribution < -0.4 is 29.6 Å². The van der Waals surface area contributed by atoms with Gasteiger partial charge in [0.15, 0.2) is 0 Å². The van der Waals surface area contributed by atoms with Crippen LogP contribution in [0.1, 0.15) is 278 Å². The Hall–Kier alpha value is 0.790. The summed E-state index contributed by atoms with van der Waals surface area (Å²) >= 11 is 0. The standard InChI is InChI=1S/C18H38O.C16H34O.C12H26O4S.Na/c1-2-3-4-5-6-7-8-9-10-11-12-13-14-15-16-17-18-19;1-2-3-4-5-6-7-8-9-10-11-12-13-14-15-16-17;1-2-3-4-5-6-7-8-9-10-11-12-16-17(13,14)15;/h19H,2-18H2,1H3;17H,2-16H2,1H3;2-12H2,1H3,(H,13,14,15);/q;;;+1/p-1. The van der Waals surface area contributed by atoms with Crippen molar-refractivity contribution in [2.45, 2.75) is 278 Å². The summed E-state index contributed by atoms with van der Waals surface area (Å²) in [4.78, 5) is 0. The minimum Gasteiger partial charge on any atom is -0.726 e. The normalized spacial score (nSPS) is 11.1. The topological polar surface area (TPSA) is 107 Å². The number of rotatable bonds is 42. The minimum atomic E-state index is -4.48. The van der Waals surface area contributed by atoms with E-state index in [2.05, 4.69) is 25.0 Å². The van der Waals surface area contributed by atoms with Gasteiger partial charge in [-0.25, -0.2) is 8.42 Å². The van der Waals surface area contributed by atoms with Gasteiger partial charge in [0.25, 0.3) is 0 Å². The average molecular weight is 801 g/mol. The molecule has 8 heteroatoms. The van der Waals surface area contributed by atoms with Crippen LogP contribution in [0.4, 0.5) is 0 Å². The van der Waals surface area contributed by atoms with E-state index in [1.165, 1.54) is 225 Å². The van der Waals surface area contributed by atoms with E-state index in [1.807, 2.05) is 0 Å². The third-order valence-corrected chi connectivity index (χ3v) is 10.7. The maximum absolute atomic E-state index is 10.1. The molecular formula is C46H97NaO6S. The molecule has 0 radical (unpaired) electrons. The van der Waals surface area contributed by atoms with Crippen molar-refractivity contribution in [3.8, 4) is 0 Å². The largest absolute Gasteiger partial charge is 1.00 e. The second-order valence-corrected chi connectivity index (χ2v) is 16.8. The van der Waals surface area contributed by atoms with Crippen molar-refractivity contribution in [1.29, 1.82) is 0 Å². The van der Waals surface area contributed by atoms with Gasteiger partial charge in [-0.2, -0.15) is 0 Å². The number of aliphatic hydroxyl groups is 2. The molecule has 0 spiro atoms. The molecule has 0 aliphatic heterocycles. The van der Waals surface area contributed by atoms with Crippen LogP contribution in [0.25, 0.3) is 0 Å². The Morgan fingerprint density at radius 1 is 0.333 bits per heavy atom. The number of aliphatic hydroxyl groups excluding tert-OH is 2. The molecule has 2 N–H and O–H groups in total. The van der Waals surface area contributed by atoms with Gasteiger partial charge in [-0.3, -0.25) is 4.18 Å².